The van der Waals surface area contributed by atoms with Gasteiger partial charge in [-0.05, 0) is 24.3 Å². The van der Waals surface area contributed by atoms with Gasteiger partial charge in [0.1, 0.15) is 24.1 Å². The summed E-state index contributed by atoms with van der Waals surface area (Å²) in [5, 5.41) is 9.41. The molecule has 2 aromatic carbocycles. The van der Waals surface area contributed by atoms with Crippen LogP contribution in [0, 0.1) is 11.6 Å². The smallest absolute Gasteiger partial charge is 0.136 e. The molecule has 0 radical (unpaired) electrons. The summed E-state index contributed by atoms with van der Waals surface area (Å²) >= 11 is 0. The van der Waals surface area contributed by atoms with Gasteiger partial charge >= 0.3 is 0 Å². The zero-order chi connectivity index (χ0) is 15.0. The first kappa shape index (κ1) is 13.5. The highest BCUT2D eigenvalue weighted by Crippen LogP contribution is 2.21. The lowest BCUT2D eigenvalue weighted by atomic mass is 10.2. The Morgan fingerprint density at radius 1 is 1.14 bits per heavy atom. The number of aromatic nitrogens is 2. The van der Waals surface area contributed by atoms with Crippen LogP contribution in [0.15, 0.2) is 36.4 Å². The predicted molar refractivity (Wildman–Crippen MR) is 75.5 cm³/mol. The number of benzene rings is 2. The van der Waals surface area contributed by atoms with E-state index in [1.54, 1.807) is 22.8 Å². The van der Waals surface area contributed by atoms with Gasteiger partial charge in [0, 0.05) is 17.3 Å². The molecule has 21 heavy (non-hydrogen) atoms. The largest absolute Gasteiger partial charge is 0.399 e. The van der Waals surface area contributed by atoms with Crippen molar-refractivity contribution in [1.82, 2.24) is 9.55 Å². The number of hydrogen-bond donors (Lipinski definition) is 2. The summed E-state index contributed by atoms with van der Waals surface area (Å²) in [6.45, 7) is -0.125. The predicted octanol–water partition coefficient (Wildman–Crippen LogP) is 2.44. The van der Waals surface area contributed by atoms with Gasteiger partial charge in [-0.1, -0.05) is 6.07 Å². The molecule has 0 spiro atoms. The van der Waals surface area contributed by atoms with Gasteiger partial charge < -0.3 is 15.4 Å². The normalized spacial score (nSPS) is 11.2. The number of aliphatic hydroxyl groups is 1. The van der Waals surface area contributed by atoms with E-state index >= 15 is 0 Å². The first-order valence-electron chi connectivity index (χ1n) is 6.38. The minimum atomic E-state index is -0.629. The van der Waals surface area contributed by atoms with Crippen molar-refractivity contribution in [3.63, 3.8) is 0 Å². The molecule has 3 rings (SSSR count). The highest BCUT2D eigenvalue weighted by molar-refractivity contribution is 5.79. The molecule has 1 aromatic heterocycles. The Labute approximate surface area is 119 Å². The van der Waals surface area contributed by atoms with Crippen LogP contribution < -0.4 is 5.73 Å². The van der Waals surface area contributed by atoms with Gasteiger partial charge in [-0.3, -0.25) is 0 Å². The van der Waals surface area contributed by atoms with Crippen molar-refractivity contribution in [2.75, 3.05) is 5.73 Å². The fourth-order valence-corrected chi connectivity index (χ4v) is 2.31. The topological polar surface area (TPSA) is 64.1 Å². The van der Waals surface area contributed by atoms with Crippen LogP contribution in [0.4, 0.5) is 14.5 Å². The molecule has 0 fully saturated rings. The minimum absolute atomic E-state index is 0.155. The van der Waals surface area contributed by atoms with Crippen molar-refractivity contribution >= 4 is 16.7 Å². The first-order valence-corrected chi connectivity index (χ1v) is 6.38. The quantitative estimate of drug-likeness (QED) is 0.728. The number of nitrogens with two attached hydrogens (primary N) is 1. The summed E-state index contributed by atoms with van der Waals surface area (Å²) in [5.41, 5.74) is 7.95. The Hall–Kier alpha value is -2.47. The van der Waals surface area contributed by atoms with Gasteiger partial charge in [-0.15, -0.1) is 0 Å². The van der Waals surface area contributed by atoms with Gasteiger partial charge in [0.05, 0.1) is 17.6 Å². The van der Waals surface area contributed by atoms with E-state index < -0.39 is 11.6 Å². The molecule has 0 saturated heterocycles. The van der Waals surface area contributed by atoms with E-state index in [1.807, 2.05) is 0 Å². The number of hydrogen-bond acceptors (Lipinski definition) is 3. The van der Waals surface area contributed by atoms with Crippen molar-refractivity contribution in [2.45, 2.75) is 13.2 Å². The molecule has 0 amide bonds. The van der Waals surface area contributed by atoms with Crippen molar-refractivity contribution in [1.29, 1.82) is 0 Å². The summed E-state index contributed by atoms with van der Waals surface area (Å²) in [4.78, 5) is 4.27. The maximum Gasteiger partial charge on any atom is 0.136 e. The van der Waals surface area contributed by atoms with Crippen LogP contribution in [0.25, 0.3) is 11.0 Å². The highest BCUT2D eigenvalue weighted by atomic mass is 19.1. The molecule has 0 aliphatic rings. The second-order valence-corrected chi connectivity index (χ2v) is 4.76. The van der Waals surface area contributed by atoms with Gasteiger partial charge in [0.2, 0.25) is 0 Å². The monoisotopic (exact) mass is 289 g/mol. The van der Waals surface area contributed by atoms with Crippen LogP contribution >= 0.6 is 0 Å². The maximum absolute atomic E-state index is 13.8. The SMILES string of the molecule is Nc1ccc2c(c1)nc(CO)n2Cc1ccc(F)cc1F. The van der Waals surface area contributed by atoms with Gasteiger partial charge in [-0.2, -0.15) is 0 Å². The Balaban J connectivity index is 2.10. The summed E-state index contributed by atoms with van der Waals surface area (Å²) in [6, 6.07) is 8.58. The zero-order valence-corrected chi connectivity index (χ0v) is 11.1. The molecular weight excluding hydrogens is 276 g/mol. The number of aliphatic hydroxyl groups excluding tert-OH is 1. The standard InChI is InChI=1S/C15H13F2N3O/c16-10-2-1-9(12(17)5-10)7-20-14-4-3-11(18)6-13(14)19-15(20)8-21/h1-6,21H,7-8,18H2. The van der Waals surface area contributed by atoms with Crippen molar-refractivity contribution in [2.24, 2.45) is 0 Å². The lowest BCUT2D eigenvalue weighted by molar-refractivity contribution is 0.266. The molecule has 6 heteroatoms. The number of rotatable bonds is 3. The number of nitrogens with zero attached hydrogens (tertiary/aromatic N) is 2. The summed E-state index contributed by atoms with van der Waals surface area (Å²) in [7, 11) is 0. The van der Waals surface area contributed by atoms with E-state index in [1.165, 1.54) is 12.1 Å². The molecule has 108 valence electrons. The Bertz CT molecular complexity index is 814. The summed E-state index contributed by atoms with van der Waals surface area (Å²) in [5.74, 6) is -0.850. The van der Waals surface area contributed by atoms with E-state index in [-0.39, 0.29) is 13.2 Å². The fraction of sp³-hybridized carbons (Fsp3) is 0.133. The third-order valence-corrected chi connectivity index (χ3v) is 3.34. The third-order valence-electron chi connectivity index (χ3n) is 3.34. The first-order chi connectivity index (χ1) is 10.1. The lowest BCUT2D eigenvalue weighted by Gasteiger charge is -2.09. The molecule has 0 atom stereocenters. The van der Waals surface area contributed by atoms with Crippen molar-refractivity contribution < 1.29 is 13.9 Å². The molecule has 0 saturated carbocycles. The van der Waals surface area contributed by atoms with Gasteiger partial charge in [0.25, 0.3) is 0 Å². The van der Waals surface area contributed by atoms with Crippen LogP contribution in [0.1, 0.15) is 11.4 Å². The number of halogens is 2. The number of imidazole rings is 1. The molecule has 3 N–H and O–H groups in total. The number of nitrogen functional groups attached to an aromatic ring is 1. The van der Waals surface area contributed by atoms with Crippen LogP contribution in [0.5, 0.6) is 0 Å². The Morgan fingerprint density at radius 2 is 1.95 bits per heavy atom. The number of fused-ring (bicyclic) bond motifs is 1. The van der Waals surface area contributed by atoms with E-state index in [0.717, 1.165) is 11.6 Å². The van der Waals surface area contributed by atoms with Crippen molar-refractivity contribution in [3.05, 3.63) is 59.4 Å². The van der Waals surface area contributed by atoms with Crippen LogP contribution in [0.3, 0.4) is 0 Å². The van der Waals surface area contributed by atoms with E-state index in [2.05, 4.69) is 4.98 Å². The Morgan fingerprint density at radius 3 is 2.67 bits per heavy atom. The van der Waals surface area contributed by atoms with E-state index in [9.17, 15) is 13.9 Å². The van der Waals surface area contributed by atoms with Gasteiger partial charge in [0.15, 0.2) is 0 Å². The average Bonchev–Trinajstić information content (AvgIpc) is 2.79. The van der Waals surface area contributed by atoms with Gasteiger partial charge in [-0.25, -0.2) is 13.8 Å². The third kappa shape index (κ3) is 2.45. The molecule has 0 aliphatic carbocycles. The molecule has 3 aromatic rings. The second kappa shape index (κ2) is 5.14. The molecule has 0 bridgehead atoms. The number of anilines is 1. The zero-order valence-electron chi connectivity index (χ0n) is 11.1. The summed E-state index contributed by atoms with van der Waals surface area (Å²) in [6.07, 6.45) is 0. The molecule has 4 nitrogen and oxygen atoms in total. The maximum atomic E-state index is 13.8. The average molecular weight is 289 g/mol. The molecule has 0 unspecified atom stereocenters. The second-order valence-electron chi connectivity index (χ2n) is 4.76. The van der Waals surface area contributed by atoms with E-state index in [0.29, 0.717) is 22.6 Å². The molecule has 1 heterocycles. The lowest BCUT2D eigenvalue weighted by Crippen LogP contribution is -2.07. The van der Waals surface area contributed by atoms with Crippen molar-refractivity contribution in [3.8, 4) is 0 Å². The minimum Gasteiger partial charge on any atom is -0.399 e. The fourth-order valence-electron chi connectivity index (χ4n) is 2.31. The van der Waals surface area contributed by atoms with E-state index in [4.69, 9.17) is 5.73 Å². The van der Waals surface area contributed by atoms with Crippen LogP contribution in [-0.2, 0) is 13.2 Å². The molecular formula is C15H13F2N3O. The Kier molecular flexibility index (Phi) is 3.31. The van der Waals surface area contributed by atoms with Crippen LogP contribution in [0.2, 0.25) is 0 Å². The van der Waals surface area contributed by atoms with Crippen LogP contribution in [-0.4, -0.2) is 14.7 Å². The molecule has 0 aliphatic heterocycles. The highest BCUT2D eigenvalue weighted by Gasteiger charge is 2.13. The summed E-state index contributed by atoms with van der Waals surface area (Å²) < 4.78 is 28.4.